The zero-order chi connectivity index (χ0) is 38.9. The summed E-state index contributed by atoms with van der Waals surface area (Å²) in [6.07, 6.45) is 3.24. The molecule has 0 bridgehead atoms. The molecule has 6 rings (SSSR count). The molecule has 1 aromatic heterocycles. The van der Waals surface area contributed by atoms with Crippen LogP contribution in [0.5, 0.6) is 11.5 Å². The normalized spacial score (nSPS) is 14.3. The van der Waals surface area contributed by atoms with Crippen LogP contribution in [0.4, 0.5) is 45.0 Å². The summed E-state index contributed by atoms with van der Waals surface area (Å²) >= 11 is 0. The second-order valence-electron chi connectivity index (χ2n) is 13.0. The van der Waals surface area contributed by atoms with Crippen LogP contribution in [0, 0.1) is 0 Å². The van der Waals surface area contributed by atoms with Crippen LogP contribution in [0.3, 0.4) is 0 Å². The van der Waals surface area contributed by atoms with E-state index in [4.69, 9.17) is 19.2 Å². The third-order valence-corrected chi connectivity index (χ3v) is 9.45. The number of carbonyl (C=O) groups excluding carboxylic acids is 3. The predicted octanol–water partition coefficient (Wildman–Crippen LogP) is 5.63. The summed E-state index contributed by atoms with van der Waals surface area (Å²) in [5, 5.41) is 9.09. The maximum absolute atomic E-state index is 14.5. The first-order valence-electron chi connectivity index (χ1n) is 18.1. The van der Waals surface area contributed by atoms with Gasteiger partial charge in [-0.05, 0) is 42.0 Å². The highest BCUT2D eigenvalue weighted by atomic mass is 16.5. The maximum atomic E-state index is 14.5. The van der Waals surface area contributed by atoms with Gasteiger partial charge in [0.25, 0.3) is 0 Å². The third kappa shape index (κ3) is 9.31. The molecule has 0 atom stereocenters. The smallest absolute Gasteiger partial charge is 0.330 e. The van der Waals surface area contributed by atoms with Gasteiger partial charge >= 0.3 is 6.03 Å². The Balaban J connectivity index is 1.33. The Morgan fingerprint density at radius 3 is 2.36 bits per heavy atom. The lowest BCUT2D eigenvalue weighted by Gasteiger charge is -2.36. The third-order valence-electron chi connectivity index (χ3n) is 9.45. The molecule has 4 amide bonds. The number of hydrogen-bond acceptors (Lipinski definition) is 11. The molecule has 0 spiro atoms. The van der Waals surface area contributed by atoms with Crippen molar-refractivity contribution in [3.05, 3.63) is 90.6 Å². The van der Waals surface area contributed by atoms with Crippen LogP contribution in [0.2, 0.25) is 0 Å². The predicted molar refractivity (Wildman–Crippen MR) is 214 cm³/mol. The van der Waals surface area contributed by atoms with Crippen LogP contribution in [0.1, 0.15) is 24.5 Å². The van der Waals surface area contributed by atoms with Gasteiger partial charge in [-0.3, -0.25) is 24.3 Å². The van der Waals surface area contributed by atoms with Gasteiger partial charge in [-0.2, -0.15) is 4.98 Å². The number of urea groups is 1. The number of methoxy groups -OCH3 is 3. The molecule has 15 heteroatoms. The number of amides is 4. The molecule has 2 aliphatic heterocycles. The minimum Gasteiger partial charge on any atom is -0.497 e. The minimum atomic E-state index is -0.362. The van der Waals surface area contributed by atoms with Crippen molar-refractivity contribution in [2.75, 3.05) is 91.3 Å². The van der Waals surface area contributed by atoms with Crippen molar-refractivity contribution in [2.45, 2.75) is 26.4 Å². The zero-order valence-electron chi connectivity index (χ0n) is 31.6. The molecule has 3 heterocycles. The monoisotopic (exact) mass is 749 g/mol. The van der Waals surface area contributed by atoms with Crippen LogP contribution < -0.4 is 40.1 Å². The average molecular weight is 750 g/mol. The Hall–Kier alpha value is -6.19. The molecule has 0 aliphatic carbocycles. The largest absolute Gasteiger partial charge is 0.497 e. The number of nitrogens with zero attached hydrogens (tertiary/aromatic N) is 6. The molecule has 3 aromatic carbocycles. The molecule has 15 nitrogen and oxygen atoms in total. The van der Waals surface area contributed by atoms with Gasteiger partial charge in [0, 0.05) is 87.6 Å². The average Bonchev–Trinajstić information content (AvgIpc) is 3.21. The van der Waals surface area contributed by atoms with E-state index in [0.29, 0.717) is 58.7 Å². The lowest BCUT2D eigenvalue weighted by Crippen LogP contribution is -2.47. The maximum Gasteiger partial charge on any atom is 0.330 e. The number of fused-ring (bicyclic) bond motifs is 1. The lowest BCUT2D eigenvalue weighted by atomic mass is 10.1. The summed E-state index contributed by atoms with van der Waals surface area (Å²) in [6, 6.07) is 18.1. The quantitative estimate of drug-likeness (QED) is 0.130. The van der Waals surface area contributed by atoms with Crippen LogP contribution in [-0.4, -0.2) is 93.4 Å². The molecule has 3 N–H and O–H groups in total. The van der Waals surface area contributed by atoms with Gasteiger partial charge in [0.1, 0.15) is 17.3 Å². The summed E-state index contributed by atoms with van der Waals surface area (Å²) < 4.78 is 16.2. The van der Waals surface area contributed by atoms with E-state index in [2.05, 4.69) is 37.3 Å². The standard InChI is InChI=1S/C40H47N9O6/c1-6-36(50)42-29-10-8-9-27(19-29)25-49-38-28(26-48(40(49)52)31-20-32(54-4)23-33(21-31)55-5)24-41-39(45-38)44-34-12-11-30(22-35(34)43-37(51)7-2)47-15-13-46(14-16-47)17-18-53-3/h7-12,19-24H,2,6,13-18,25-26H2,1,3-5H3,(H,42,50)(H,43,51)(H,41,44,45). The molecule has 0 saturated carbocycles. The Labute approximate surface area is 320 Å². The highest BCUT2D eigenvalue weighted by molar-refractivity contribution is 6.06. The number of piperazine rings is 1. The number of anilines is 7. The molecular formula is C40H47N9O6. The van der Waals surface area contributed by atoms with Crippen molar-refractivity contribution in [3.8, 4) is 11.5 Å². The van der Waals surface area contributed by atoms with Crippen molar-refractivity contribution in [1.29, 1.82) is 0 Å². The number of rotatable bonds is 15. The highest BCUT2D eigenvalue weighted by Crippen LogP contribution is 2.37. The number of benzene rings is 3. The highest BCUT2D eigenvalue weighted by Gasteiger charge is 2.34. The number of ether oxygens (including phenoxy) is 3. The topological polar surface area (TPSA) is 154 Å². The van der Waals surface area contributed by atoms with E-state index < -0.39 is 0 Å². The van der Waals surface area contributed by atoms with Crippen molar-refractivity contribution in [2.24, 2.45) is 0 Å². The van der Waals surface area contributed by atoms with E-state index in [1.807, 2.05) is 36.4 Å². The Bertz CT molecular complexity index is 2010. The fraction of sp³-hybridized carbons (Fsp3) is 0.325. The molecule has 55 heavy (non-hydrogen) atoms. The SMILES string of the molecule is C=CC(=O)Nc1cc(N2CCN(CCOC)CC2)ccc1Nc1ncc2c(n1)N(Cc1cccc(NC(=O)CC)c1)C(=O)N(c1cc(OC)cc(OC)c1)C2. The number of aromatic nitrogens is 2. The Morgan fingerprint density at radius 1 is 0.909 bits per heavy atom. The van der Waals surface area contributed by atoms with Gasteiger partial charge < -0.3 is 35.1 Å². The van der Waals surface area contributed by atoms with E-state index in [1.54, 1.807) is 68.5 Å². The molecule has 1 saturated heterocycles. The fourth-order valence-electron chi connectivity index (χ4n) is 6.45. The molecule has 4 aromatic rings. The number of carbonyl (C=O) groups is 3. The molecule has 288 valence electrons. The van der Waals surface area contributed by atoms with Crippen LogP contribution >= 0.6 is 0 Å². The Kier molecular flexibility index (Phi) is 12.4. The zero-order valence-corrected chi connectivity index (χ0v) is 31.6. The first kappa shape index (κ1) is 38.5. The molecule has 1 fully saturated rings. The molecule has 0 radical (unpaired) electrons. The van der Waals surface area contributed by atoms with Crippen LogP contribution in [0.15, 0.2) is 79.5 Å². The molecule has 2 aliphatic rings. The van der Waals surface area contributed by atoms with Gasteiger partial charge in [-0.25, -0.2) is 9.78 Å². The van der Waals surface area contributed by atoms with Gasteiger partial charge in [0.15, 0.2) is 0 Å². The van der Waals surface area contributed by atoms with Crippen molar-refractivity contribution in [3.63, 3.8) is 0 Å². The van der Waals surface area contributed by atoms with Crippen LogP contribution in [-0.2, 0) is 27.4 Å². The van der Waals surface area contributed by atoms with Gasteiger partial charge in [0.2, 0.25) is 17.8 Å². The number of nitrogens with one attached hydrogen (secondary N) is 3. The lowest BCUT2D eigenvalue weighted by molar-refractivity contribution is -0.116. The summed E-state index contributed by atoms with van der Waals surface area (Å²) in [4.78, 5) is 56.6. The second-order valence-corrected chi connectivity index (χ2v) is 13.0. The molecular weight excluding hydrogens is 702 g/mol. The summed E-state index contributed by atoms with van der Waals surface area (Å²) in [5.41, 5.74) is 4.73. The summed E-state index contributed by atoms with van der Waals surface area (Å²) in [7, 11) is 4.82. The van der Waals surface area contributed by atoms with E-state index in [-0.39, 0.29) is 36.9 Å². The van der Waals surface area contributed by atoms with Gasteiger partial charge in [-0.1, -0.05) is 25.6 Å². The van der Waals surface area contributed by atoms with Crippen molar-refractivity contribution >= 4 is 58.0 Å². The van der Waals surface area contributed by atoms with Gasteiger partial charge in [0.05, 0.1) is 51.0 Å². The first-order chi connectivity index (χ1) is 26.7. The first-order valence-corrected chi connectivity index (χ1v) is 18.1. The second kappa shape index (κ2) is 17.8. The fourth-order valence-corrected chi connectivity index (χ4v) is 6.45. The van der Waals surface area contributed by atoms with E-state index in [0.717, 1.165) is 44.0 Å². The van der Waals surface area contributed by atoms with Gasteiger partial charge in [-0.15, -0.1) is 0 Å². The molecule has 0 unspecified atom stereocenters. The Morgan fingerprint density at radius 2 is 1.67 bits per heavy atom. The van der Waals surface area contributed by atoms with Crippen molar-refractivity contribution < 1.29 is 28.6 Å². The minimum absolute atomic E-state index is 0.115. The van der Waals surface area contributed by atoms with E-state index >= 15 is 0 Å². The van der Waals surface area contributed by atoms with E-state index in [1.165, 1.54) is 6.08 Å². The number of hydrogen-bond donors (Lipinski definition) is 3. The van der Waals surface area contributed by atoms with E-state index in [9.17, 15) is 14.4 Å². The van der Waals surface area contributed by atoms with Crippen molar-refractivity contribution in [1.82, 2.24) is 14.9 Å². The summed E-state index contributed by atoms with van der Waals surface area (Å²) in [5.74, 6) is 1.23. The van der Waals surface area contributed by atoms with Crippen LogP contribution in [0.25, 0.3) is 0 Å². The summed E-state index contributed by atoms with van der Waals surface area (Å²) in [6.45, 7) is 10.8.